The molecule has 0 aromatic heterocycles. The number of carbonyl (C=O) groups excluding carboxylic acids is 2. The Balaban J connectivity index is 2.41. The van der Waals surface area contributed by atoms with E-state index in [4.69, 9.17) is 9.47 Å². The van der Waals surface area contributed by atoms with Gasteiger partial charge in [0.15, 0.2) is 6.10 Å². The second-order valence-corrected chi connectivity index (χ2v) is 4.39. The van der Waals surface area contributed by atoms with Crippen molar-refractivity contribution in [1.82, 2.24) is 4.90 Å². The maximum absolute atomic E-state index is 12.1. The van der Waals surface area contributed by atoms with Gasteiger partial charge in [-0.2, -0.15) is 0 Å². The van der Waals surface area contributed by atoms with E-state index < -0.39 is 6.10 Å². The number of carbonyl (C=O) groups is 2. The van der Waals surface area contributed by atoms with Crippen molar-refractivity contribution >= 4 is 11.9 Å². The number of benzene rings is 1. The first kappa shape index (κ1) is 16.0. The van der Waals surface area contributed by atoms with Crippen molar-refractivity contribution in [3.05, 3.63) is 30.3 Å². The minimum absolute atomic E-state index is 0.168. The van der Waals surface area contributed by atoms with E-state index in [1.54, 1.807) is 33.0 Å². The van der Waals surface area contributed by atoms with E-state index in [0.29, 0.717) is 18.9 Å². The maximum Gasteiger partial charge on any atom is 0.307 e. The van der Waals surface area contributed by atoms with Gasteiger partial charge in [-0.25, -0.2) is 0 Å². The summed E-state index contributed by atoms with van der Waals surface area (Å²) < 4.78 is 10.4. The number of ether oxygens (including phenoxy) is 2. The molecule has 0 saturated carbocycles. The zero-order chi connectivity index (χ0) is 15.0. The molecule has 0 bridgehead atoms. The molecule has 0 saturated heterocycles. The van der Waals surface area contributed by atoms with E-state index in [-0.39, 0.29) is 18.3 Å². The minimum Gasteiger partial charge on any atom is -0.481 e. The number of rotatable bonds is 7. The van der Waals surface area contributed by atoms with Crippen LogP contribution >= 0.6 is 0 Å². The molecule has 0 N–H and O–H groups in total. The largest absolute Gasteiger partial charge is 0.481 e. The number of esters is 1. The third-order valence-corrected chi connectivity index (χ3v) is 2.74. The number of hydrogen-bond acceptors (Lipinski definition) is 4. The van der Waals surface area contributed by atoms with E-state index in [9.17, 15) is 9.59 Å². The van der Waals surface area contributed by atoms with E-state index in [0.717, 1.165) is 0 Å². The second kappa shape index (κ2) is 8.19. The van der Waals surface area contributed by atoms with Crippen molar-refractivity contribution in [1.29, 1.82) is 0 Å². The fraction of sp³-hybridized carbons (Fsp3) is 0.467. The fourth-order valence-electron chi connectivity index (χ4n) is 1.67. The predicted molar refractivity (Wildman–Crippen MR) is 75.4 cm³/mol. The molecule has 0 aliphatic rings. The Morgan fingerprint density at radius 2 is 1.90 bits per heavy atom. The third-order valence-electron chi connectivity index (χ3n) is 2.74. The van der Waals surface area contributed by atoms with Crippen LogP contribution in [0.3, 0.4) is 0 Å². The van der Waals surface area contributed by atoms with Gasteiger partial charge in [0, 0.05) is 13.6 Å². The lowest BCUT2D eigenvalue weighted by molar-refractivity contribution is -0.144. The highest BCUT2D eigenvalue weighted by atomic mass is 16.5. The van der Waals surface area contributed by atoms with Crippen LogP contribution in [0.25, 0.3) is 0 Å². The minimum atomic E-state index is -0.593. The number of nitrogens with zero attached hydrogens (tertiary/aromatic N) is 1. The van der Waals surface area contributed by atoms with Crippen LogP contribution in [0.2, 0.25) is 0 Å². The Labute approximate surface area is 119 Å². The van der Waals surface area contributed by atoms with E-state index in [1.165, 1.54) is 4.90 Å². The standard InChI is InChI=1S/C15H21NO4/c1-4-19-14(17)10-11-16(3)15(18)12(2)20-13-8-6-5-7-9-13/h5-9,12H,4,10-11H2,1-3H3. The molecule has 1 unspecified atom stereocenters. The van der Waals surface area contributed by atoms with Crippen molar-refractivity contribution < 1.29 is 19.1 Å². The molecule has 5 nitrogen and oxygen atoms in total. The summed E-state index contributed by atoms with van der Waals surface area (Å²) in [5, 5.41) is 0. The van der Waals surface area contributed by atoms with Crippen LogP contribution < -0.4 is 4.74 Å². The second-order valence-electron chi connectivity index (χ2n) is 4.39. The molecule has 20 heavy (non-hydrogen) atoms. The molecule has 1 amide bonds. The summed E-state index contributed by atoms with van der Waals surface area (Å²) in [7, 11) is 1.65. The van der Waals surface area contributed by atoms with Gasteiger partial charge in [-0.15, -0.1) is 0 Å². The van der Waals surface area contributed by atoms with Crippen LogP contribution in [-0.4, -0.2) is 43.1 Å². The van der Waals surface area contributed by atoms with Gasteiger partial charge in [-0.1, -0.05) is 18.2 Å². The van der Waals surface area contributed by atoms with E-state index >= 15 is 0 Å². The molecular weight excluding hydrogens is 258 g/mol. The van der Waals surface area contributed by atoms with Crippen LogP contribution in [0.15, 0.2) is 30.3 Å². The summed E-state index contributed by atoms with van der Waals surface area (Å²) in [5.41, 5.74) is 0. The molecule has 0 fully saturated rings. The van der Waals surface area contributed by atoms with Gasteiger partial charge in [0.1, 0.15) is 5.75 Å². The molecule has 1 aromatic carbocycles. The summed E-state index contributed by atoms with van der Waals surface area (Å²) in [4.78, 5) is 24.8. The molecule has 110 valence electrons. The van der Waals surface area contributed by atoms with Crippen molar-refractivity contribution in [2.24, 2.45) is 0 Å². The summed E-state index contributed by atoms with van der Waals surface area (Å²) in [6, 6.07) is 9.16. The van der Waals surface area contributed by atoms with Gasteiger partial charge in [-0.05, 0) is 26.0 Å². The number of hydrogen-bond donors (Lipinski definition) is 0. The Morgan fingerprint density at radius 1 is 1.25 bits per heavy atom. The van der Waals surface area contributed by atoms with Gasteiger partial charge < -0.3 is 14.4 Å². The van der Waals surface area contributed by atoms with Crippen molar-refractivity contribution in [3.8, 4) is 5.75 Å². The highest BCUT2D eigenvalue weighted by Crippen LogP contribution is 2.11. The highest BCUT2D eigenvalue weighted by Gasteiger charge is 2.19. The third kappa shape index (κ3) is 5.30. The summed E-state index contributed by atoms with van der Waals surface area (Å²) in [5.74, 6) is 0.175. The Morgan fingerprint density at radius 3 is 2.50 bits per heavy atom. The molecule has 1 atom stereocenters. The summed E-state index contributed by atoms with van der Waals surface area (Å²) in [6.07, 6.45) is -0.404. The SMILES string of the molecule is CCOC(=O)CCN(C)C(=O)C(C)Oc1ccccc1. The molecular formula is C15H21NO4. The van der Waals surface area contributed by atoms with Gasteiger partial charge in [-0.3, -0.25) is 9.59 Å². The molecule has 1 aromatic rings. The topological polar surface area (TPSA) is 55.8 Å². The normalized spacial score (nSPS) is 11.6. The van der Waals surface area contributed by atoms with Crippen LogP contribution in [0.1, 0.15) is 20.3 Å². The van der Waals surface area contributed by atoms with Crippen LogP contribution in [0, 0.1) is 0 Å². The molecule has 0 radical (unpaired) electrons. The molecule has 0 spiro atoms. The first-order valence-electron chi connectivity index (χ1n) is 6.67. The molecule has 5 heteroatoms. The quantitative estimate of drug-likeness (QED) is 0.715. The predicted octanol–water partition coefficient (Wildman–Crippen LogP) is 1.87. The monoisotopic (exact) mass is 279 g/mol. The van der Waals surface area contributed by atoms with Crippen molar-refractivity contribution in [2.45, 2.75) is 26.4 Å². The van der Waals surface area contributed by atoms with Crippen LogP contribution in [0.5, 0.6) is 5.75 Å². The van der Waals surface area contributed by atoms with E-state index in [1.807, 2.05) is 18.2 Å². The van der Waals surface area contributed by atoms with Crippen molar-refractivity contribution in [3.63, 3.8) is 0 Å². The van der Waals surface area contributed by atoms with Gasteiger partial charge in [0.25, 0.3) is 5.91 Å². The van der Waals surface area contributed by atoms with Gasteiger partial charge in [0.2, 0.25) is 0 Å². The van der Waals surface area contributed by atoms with Gasteiger partial charge in [0.05, 0.1) is 13.0 Å². The Kier molecular flexibility index (Phi) is 6.56. The highest BCUT2D eigenvalue weighted by molar-refractivity contribution is 5.81. The number of amides is 1. The molecule has 1 rings (SSSR count). The zero-order valence-electron chi connectivity index (χ0n) is 12.2. The van der Waals surface area contributed by atoms with Gasteiger partial charge >= 0.3 is 5.97 Å². The lowest BCUT2D eigenvalue weighted by Crippen LogP contribution is -2.39. The van der Waals surface area contributed by atoms with Crippen LogP contribution in [0.4, 0.5) is 0 Å². The van der Waals surface area contributed by atoms with Crippen molar-refractivity contribution in [2.75, 3.05) is 20.2 Å². The molecule has 0 heterocycles. The lowest BCUT2D eigenvalue weighted by Gasteiger charge is -2.21. The summed E-state index contributed by atoms with van der Waals surface area (Å²) >= 11 is 0. The van der Waals surface area contributed by atoms with Crippen LogP contribution in [-0.2, 0) is 14.3 Å². The van der Waals surface area contributed by atoms with E-state index in [2.05, 4.69) is 0 Å². The number of likely N-dealkylation sites (N-methyl/N-ethyl adjacent to an activating group) is 1. The fourth-order valence-corrected chi connectivity index (χ4v) is 1.67. The average Bonchev–Trinajstić information content (AvgIpc) is 2.45. The Hall–Kier alpha value is -2.04. The average molecular weight is 279 g/mol. The smallest absolute Gasteiger partial charge is 0.307 e. The summed E-state index contributed by atoms with van der Waals surface area (Å²) in [6.45, 7) is 4.11. The first-order valence-corrected chi connectivity index (χ1v) is 6.67. The Bertz CT molecular complexity index is 433. The maximum atomic E-state index is 12.1. The molecule has 0 aliphatic heterocycles. The first-order chi connectivity index (χ1) is 9.54. The lowest BCUT2D eigenvalue weighted by atomic mass is 10.3. The zero-order valence-corrected chi connectivity index (χ0v) is 12.2. The number of para-hydroxylation sites is 1. The molecule has 0 aliphatic carbocycles.